The lowest BCUT2D eigenvalue weighted by atomic mass is 9.91. The molecule has 0 saturated carbocycles. The number of rotatable bonds is 9. The SMILES string of the molecule is CCN(CC)Cc1onc(-c2cccc(Cl)c2)c1-c1ccnc(N2CCC(C(=O)c3ccsn3)CC2)n1. The van der Waals surface area contributed by atoms with Gasteiger partial charge in [-0.2, -0.15) is 4.37 Å². The molecular weight excluding hydrogens is 508 g/mol. The Morgan fingerprint density at radius 2 is 2.00 bits per heavy atom. The normalized spacial score (nSPS) is 14.4. The fourth-order valence-corrected chi connectivity index (χ4v) is 5.42. The second-order valence-electron chi connectivity index (χ2n) is 9.05. The molecule has 10 heteroatoms. The summed E-state index contributed by atoms with van der Waals surface area (Å²) in [4.78, 5) is 26.7. The molecule has 1 aromatic carbocycles. The predicted molar refractivity (Wildman–Crippen MR) is 146 cm³/mol. The van der Waals surface area contributed by atoms with Crippen LogP contribution in [0.1, 0.15) is 42.9 Å². The van der Waals surface area contributed by atoms with Crippen molar-refractivity contribution in [1.82, 2.24) is 24.4 Å². The first-order valence-electron chi connectivity index (χ1n) is 12.6. The molecule has 1 aliphatic rings. The third kappa shape index (κ3) is 5.58. The Balaban J connectivity index is 1.43. The molecule has 0 radical (unpaired) electrons. The zero-order valence-corrected chi connectivity index (χ0v) is 22.5. The number of halogens is 1. The zero-order valence-electron chi connectivity index (χ0n) is 20.9. The van der Waals surface area contributed by atoms with Gasteiger partial charge in [0, 0.05) is 41.2 Å². The van der Waals surface area contributed by atoms with Gasteiger partial charge in [0.05, 0.1) is 17.8 Å². The van der Waals surface area contributed by atoms with Gasteiger partial charge in [-0.1, -0.05) is 42.7 Å². The smallest absolute Gasteiger partial charge is 0.225 e. The van der Waals surface area contributed by atoms with E-state index in [1.165, 1.54) is 11.5 Å². The van der Waals surface area contributed by atoms with Crippen LogP contribution in [0.15, 0.2) is 52.5 Å². The molecular formula is C27H29ClN6O2S. The summed E-state index contributed by atoms with van der Waals surface area (Å²) in [7, 11) is 0. The van der Waals surface area contributed by atoms with E-state index >= 15 is 0 Å². The Bertz CT molecular complexity index is 1350. The molecule has 0 N–H and O–H groups in total. The number of carbonyl (C=O) groups excluding carboxylic acids is 1. The number of ketones is 1. The van der Waals surface area contributed by atoms with Crippen molar-refractivity contribution in [3.8, 4) is 22.5 Å². The van der Waals surface area contributed by atoms with Crippen molar-refractivity contribution in [3.05, 3.63) is 64.5 Å². The van der Waals surface area contributed by atoms with E-state index in [0.717, 1.165) is 48.5 Å². The van der Waals surface area contributed by atoms with Crippen LogP contribution in [-0.2, 0) is 6.54 Å². The number of nitrogens with zero attached hydrogens (tertiary/aromatic N) is 6. The summed E-state index contributed by atoms with van der Waals surface area (Å²) in [5.74, 6) is 1.52. The number of hydrogen-bond acceptors (Lipinski definition) is 9. The van der Waals surface area contributed by atoms with E-state index in [1.54, 1.807) is 12.3 Å². The molecule has 5 rings (SSSR count). The van der Waals surface area contributed by atoms with E-state index < -0.39 is 0 Å². The maximum absolute atomic E-state index is 12.7. The molecule has 4 heterocycles. The predicted octanol–water partition coefficient (Wildman–Crippen LogP) is 5.85. The van der Waals surface area contributed by atoms with E-state index in [0.29, 0.717) is 42.0 Å². The van der Waals surface area contributed by atoms with Gasteiger partial charge in [-0.3, -0.25) is 9.69 Å². The second-order valence-corrected chi connectivity index (χ2v) is 10.2. The van der Waals surface area contributed by atoms with Crippen molar-refractivity contribution >= 4 is 34.9 Å². The minimum Gasteiger partial charge on any atom is -0.359 e. The summed E-state index contributed by atoms with van der Waals surface area (Å²) < 4.78 is 10.1. The van der Waals surface area contributed by atoms with Crippen LogP contribution >= 0.6 is 23.1 Å². The summed E-state index contributed by atoms with van der Waals surface area (Å²) in [6.45, 7) is 8.09. The van der Waals surface area contributed by atoms with Gasteiger partial charge in [-0.25, -0.2) is 9.97 Å². The highest BCUT2D eigenvalue weighted by molar-refractivity contribution is 7.03. The van der Waals surface area contributed by atoms with Crippen LogP contribution in [0.25, 0.3) is 22.5 Å². The number of aromatic nitrogens is 4. The van der Waals surface area contributed by atoms with E-state index in [-0.39, 0.29) is 11.7 Å². The molecule has 0 bridgehead atoms. The van der Waals surface area contributed by atoms with Gasteiger partial charge in [0.25, 0.3) is 0 Å². The van der Waals surface area contributed by atoms with Gasteiger partial charge >= 0.3 is 0 Å². The molecule has 3 aromatic heterocycles. The Labute approximate surface area is 225 Å². The number of hydrogen-bond donors (Lipinski definition) is 0. The Hall–Kier alpha value is -3.14. The fraction of sp³-hybridized carbons (Fsp3) is 0.370. The molecule has 37 heavy (non-hydrogen) atoms. The van der Waals surface area contributed by atoms with Crippen molar-refractivity contribution < 1.29 is 9.32 Å². The Morgan fingerprint density at radius 3 is 2.70 bits per heavy atom. The quantitative estimate of drug-likeness (QED) is 0.246. The molecule has 0 atom stereocenters. The van der Waals surface area contributed by atoms with Crippen LogP contribution in [0.2, 0.25) is 5.02 Å². The molecule has 4 aromatic rings. The molecule has 1 fully saturated rings. The van der Waals surface area contributed by atoms with Crippen LogP contribution in [0.4, 0.5) is 5.95 Å². The van der Waals surface area contributed by atoms with E-state index in [4.69, 9.17) is 21.1 Å². The maximum Gasteiger partial charge on any atom is 0.225 e. The van der Waals surface area contributed by atoms with Crippen molar-refractivity contribution in [2.45, 2.75) is 33.2 Å². The first kappa shape index (κ1) is 25.5. The van der Waals surface area contributed by atoms with Crippen LogP contribution in [0.5, 0.6) is 0 Å². The number of anilines is 1. The fourth-order valence-electron chi connectivity index (χ4n) is 4.71. The highest BCUT2D eigenvalue weighted by Crippen LogP contribution is 2.36. The van der Waals surface area contributed by atoms with Gasteiger partial charge in [-0.15, -0.1) is 0 Å². The van der Waals surface area contributed by atoms with Gasteiger partial charge in [-0.05, 0) is 61.7 Å². The van der Waals surface area contributed by atoms with E-state index in [1.807, 2.05) is 35.7 Å². The average molecular weight is 537 g/mol. The third-order valence-corrected chi connectivity index (χ3v) is 7.66. The van der Waals surface area contributed by atoms with Crippen molar-refractivity contribution in [3.63, 3.8) is 0 Å². The highest BCUT2D eigenvalue weighted by Gasteiger charge is 2.29. The summed E-state index contributed by atoms with van der Waals surface area (Å²) in [6.07, 6.45) is 3.27. The lowest BCUT2D eigenvalue weighted by Crippen LogP contribution is -2.37. The minimum absolute atomic E-state index is 0.0188. The van der Waals surface area contributed by atoms with Gasteiger partial charge in [0.1, 0.15) is 11.4 Å². The standard InChI is InChI=1S/C27H29ClN6O2S/c1-3-33(4-2)17-23-24(25(31-36-23)19-6-5-7-20(28)16-19)21-8-12-29-27(30-21)34-13-9-18(10-14-34)26(35)22-11-15-37-32-22/h5-8,11-12,15-16,18H,3-4,9-10,13-14,17H2,1-2H3. The minimum atomic E-state index is -0.0188. The van der Waals surface area contributed by atoms with Crippen LogP contribution in [0, 0.1) is 5.92 Å². The van der Waals surface area contributed by atoms with Crippen molar-refractivity contribution in [2.75, 3.05) is 31.1 Å². The highest BCUT2D eigenvalue weighted by atomic mass is 35.5. The summed E-state index contributed by atoms with van der Waals surface area (Å²) in [5.41, 5.74) is 3.76. The van der Waals surface area contributed by atoms with Crippen molar-refractivity contribution in [2.24, 2.45) is 5.92 Å². The molecule has 8 nitrogen and oxygen atoms in total. The van der Waals surface area contributed by atoms with Crippen LogP contribution < -0.4 is 4.90 Å². The topological polar surface area (TPSA) is 88.3 Å². The Morgan fingerprint density at radius 1 is 1.19 bits per heavy atom. The first-order chi connectivity index (χ1) is 18.1. The molecule has 1 saturated heterocycles. The second kappa shape index (κ2) is 11.5. The lowest BCUT2D eigenvalue weighted by Gasteiger charge is -2.31. The summed E-state index contributed by atoms with van der Waals surface area (Å²) in [5, 5.41) is 6.92. The van der Waals surface area contributed by atoms with Gasteiger partial charge < -0.3 is 9.42 Å². The first-order valence-corrected chi connectivity index (χ1v) is 13.8. The third-order valence-electron chi connectivity index (χ3n) is 6.86. The molecule has 0 amide bonds. The van der Waals surface area contributed by atoms with E-state index in [2.05, 4.69) is 38.2 Å². The summed E-state index contributed by atoms with van der Waals surface area (Å²) >= 11 is 7.61. The molecule has 1 aliphatic heterocycles. The average Bonchev–Trinajstić information content (AvgIpc) is 3.62. The number of carbonyl (C=O) groups is 1. The lowest BCUT2D eigenvalue weighted by molar-refractivity contribution is 0.0896. The molecule has 0 spiro atoms. The van der Waals surface area contributed by atoms with Crippen LogP contribution in [0.3, 0.4) is 0 Å². The zero-order chi connectivity index (χ0) is 25.8. The monoisotopic (exact) mass is 536 g/mol. The Kier molecular flexibility index (Phi) is 7.93. The van der Waals surface area contributed by atoms with Crippen LogP contribution in [-0.4, -0.2) is 56.4 Å². The molecule has 0 unspecified atom stereocenters. The van der Waals surface area contributed by atoms with E-state index in [9.17, 15) is 4.79 Å². The summed E-state index contributed by atoms with van der Waals surface area (Å²) in [6, 6.07) is 11.3. The van der Waals surface area contributed by atoms with Gasteiger partial charge in [0.15, 0.2) is 11.5 Å². The largest absolute Gasteiger partial charge is 0.359 e. The maximum atomic E-state index is 12.7. The van der Waals surface area contributed by atoms with Crippen molar-refractivity contribution in [1.29, 1.82) is 0 Å². The number of piperidine rings is 1. The number of Topliss-reactive ketones (excluding diaryl/α,β-unsaturated/α-hetero) is 1. The van der Waals surface area contributed by atoms with Gasteiger partial charge in [0.2, 0.25) is 5.95 Å². The molecule has 0 aliphatic carbocycles. The molecule has 192 valence electrons. The number of benzene rings is 1.